The zero-order chi connectivity index (χ0) is 18.7. The van der Waals surface area contributed by atoms with Crippen molar-refractivity contribution in [3.8, 4) is 17.1 Å². The van der Waals surface area contributed by atoms with Gasteiger partial charge in [0.15, 0.2) is 5.82 Å². The summed E-state index contributed by atoms with van der Waals surface area (Å²) in [5.41, 5.74) is 4.68. The molecule has 3 N–H and O–H groups in total. The van der Waals surface area contributed by atoms with E-state index in [9.17, 15) is 9.90 Å². The highest BCUT2D eigenvalue weighted by Crippen LogP contribution is 2.27. The van der Waals surface area contributed by atoms with E-state index in [1.165, 1.54) is 17.3 Å². The largest absolute Gasteiger partial charge is 0.507 e. The maximum atomic E-state index is 12.3. The van der Waals surface area contributed by atoms with Crippen LogP contribution in [0.15, 0.2) is 41.6 Å². The molecule has 1 aromatic heterocycles. The lowest BCUT2D eigenvalue weighted by Crippen LogP contribution is -2.16. The highest BCUT2D eigenvalue weighted by Gasteiger charge is 2.13. The first kappa shape index (κ1) is 18.0. The van der Waals surface area contributed by atoms with Gasteiger partial charge in [0, 0.05) is 5.69 Å². The Balaban J connectivity index is 1.63. The summed E-state index contributed by atoms with van der Waals surface area (Å²) in [6.45, 7) is 6.00. The second-order valence-electron chi connectivity index (χ2n) is 6.09. The third-order valence-electron chi connectivity index (χ3n) is 3.90. The van der Waals surface area contributed by atoms with Crippen molar-refractivity contribution >= 4 is 23.4 Å². The van der Waals surface area contributed by atoms with Crippen molar-refractivity contribution in [2.24, 2.45) is 0 Å². The summed E-state index contributed by atoms with van der Waals surface area (Å²) in [5, 5.41) is 20.2. The van der Waals surface area contributed by atoms with Crippen LogP contribution in [-0.4, -0.2) is 31.9 Å². The number of nitrogens with one attached hydrogen (secondary N) is 2. The third-order valence-corrected chi connectivity index (χ3v) is 4.75. The molecule has 0 fully saturated rings. The predicted octanol–water partition coefficient (Wildman–Crippen LogP) is 3.83. The number of thioether (sulfide) groups is 1. The van der Waals surface area contributed by atoms with E-state index in [0.29, 0.717) is 16.5 Å². The zero-order valence-corrected chi connectivity index (χ0v) is 15.6. The van der Waals surface area contributed by atoms with Crippen LogP contribution >= 0.6 is 11.8 Å². The van der Waals surface area contributed by atoms with Gasteiger partial charge in [-0.25, -0.2) is 4.98 Å². The van der Waals surface area contributed by atoms with Crippen LogP contribution in [0, 0.1) is 20.8 Å². The molecular weight excluding hydrogens is 348 g/mol. The van der Waals surface area contributed by atoms with Gasteiger partial charge in [0.05, 0.1) is 11.3 Å². The minimum Gasteiger partial charge on any atom is -0.507 e. The molecule has 134 valence electrons. The van der Waals surface area contributed by atoms with Crippen LogP contribution in [0.4, 0.5) is 5.69 Å². The number of aromatic hydroxyl groups is 1. The number of phenols is 1. The molecule has 0 aliphatic heterocycles. The molecule has 0 spiro atoms. The number of hydrogen-bond acceptors (Lipinski definition) is 5. The van der Waals surface area contributed by atoms with Gasteiger partial charge in [-0.15, -0.1) is 5.10 Å². The fourth-order valence-corrected chi connectivity index (χ4v) is 3.39. The first-order valence-corrected chi connectivity index (χ1v) is 9.14. The lowest BCUT2D eigenvalue weighted by atomic mass is 10.1. The van der Waals surface area contributed by atoms with Crippen molar-refractivity contribution in [3.05, 3.63) is 53.1 Å². The highest BCUT2D eigenvalue weighted by molar-refractivity contribution is 7.99. The van der Waals surface area contributed by atoms with Crippen molar-refractivity contribution in [3.63, 3.8) is 0 Å². The second kappa shape index (κ2) is 7.61. The molecule has 7 heteroatoms. The second-order valence-corrected chi connectivity index (χ2v) is 7.04. The van der Waals surface area contributed by atoms with Gasteiger partial charge in [-0.2, -0.15) is 0 Å². The Morgan fingerprint density at radius 3 is 2.58 bits per heavy atom. The van der Waals surface area contributed by atoms with Crippen molar-refractivity contribution in [1.29, 1.82) is 0 Å². The summed E-state index contributed by atoms with van der Waals surface area (Å²) < 4.78 is 0. The maximum Gasteiger partial charge on any atom is 0.234 e. The monoisotopic (exact) mass is 368 g/mol. The SMILES string of the molecule is Cc1cc(C)c(NC(=O)CSc2n[nH]c(-c3ccccc3O)n2)c(C)c1. The number of aromatic amines is 1. The molecule has 3 aromatic rings. The van der Waals surface area contributed by atoms with Crippen LogP contribution < -0.4 is 5.32 Å². The molecule has 0 aliphatic rings. The molecule has 0 atom stereocenters. The van der Waals surface area contributed by atoms with Crippen LogP contribution in [0.25, 0.3) is 11.4 Å². The molecule has 0 bridgehead atoms. The summed E-state index contributed by atoms with van der Waals surface area (Å²) in [4.78, 5) is 16.6. The van der Waals surface area contributed by atoms with Gasteiger partial charge in [0.2, 0.25) is 11.1 Å². The summed E-state index contributed by atoms with van der Waals surface area (Å²) in [7, 11) is 0. The van der Waals surface area contributed by atoms with Gasteiger partial charge in [-0.3, -0.25) is 9.89 Å². The molecule has 1 heterocycles. The number of carbonyl (C=O) groups is 1. The molecule has 6 nitrogen and oxygen atoms in total. The van der Waals surface area contributed by atoms with Crippen molar-refractivity contribution in [2.45, 2.75) is 25.9 Å². The van der Waals surface area contributed by atoms with Gasteiger partial charge >= 0.3 is 0 Å². The van der Waals surface area contributed by atoms with Crippen LogP contribution in [0.5, 0.6) is 5.75 Å². The molecule has 2 aromatic carbocycles. The Kier molecular flexibility index (Phi) is 5.27. The number of phenolic OH excluding ortho intramolecular Hbond substituents is 1. The number of hydrogen-bond donors (Lipinski definition) is 3. The van der Waals surface area contributed by atoms with Crippen LogP contribution in [0.2, 0.25) is 0 Å². The average Bonchev–Trinajstić information content (AvgIpc) is 3.05. The molecule has 0 aliphatic carbocycles. The number of rotatable bonds is 5. The molecular formula is C19H20N4O2S. The Bertz CT molecular complexity index is 929. The van der Waals surface area contributed by atoms with Crippen molar-refractivity contribution < 1.29 is 9.90 Å². The Morgan fingerprint density at radius 1 is 1.19 bits per heavy atom. The van der Waals surface area contributed by atoms with Gasteiger partial charge in [0.25, 0.3) is 0 Å². The van der Waals surface area contributed by atoms with E-state index in [2.05, 4.69) is 20.5 Å². The van der Waals surface area contributed by atoms with E-state index in [0.717, 1.165) is 16.8 Å². The topological polar surface area (TPSA) is 90.9 Å². The quantitative estimate of drug-likeness (QED) is 0.595. The predicted molar refractivity (Wildman–Crippen MR) is 103 cm³/mol. The Labute approximate surface area is 156 Å². The number of aromatic nitrogens is 3. The van der Waals surface area contributed by atoms with Crippen molar-refractivity contribution in [2.75, 3.05) is 11.1 Å². The fourth-order valence-electron chi connectivity index (χ4n) is 2.79. The number of carbonyl (C=O) groups excluding carboxylic acids is 1. The first-order chi connectivity index (χ1) is 12.4. The molecule has 3 rings (SSSR count). The number of H-pyrrole nitrogens is 1. The van der Waals surface area contributed by atoms with E-state index in [-0.39, 0.29) is 17.4 Å². The number of anilines is 1. The molecule has 0 unspecified atom stereocenters. The minimum atomic E-state index is -0.112. The molecule has 0 radical (unpaired) electrons. The van der Waals surface area contributed by atoms with E-state index >= 15 is 0 Å². The standard InChI is InChI=1S/C19H20N4O2S/c1-11-8-12(2)17(13(3)9-11)20-16(25)10-26-19-21-18(22-23-19)14-6-4-5-7-15(14)24/h4-9,24H,10H2,1-3H3,(H,20,25)(H,21,22,23). The highest BCUT2D eigenvalue weighted by atomic mass is 32.2. The van der Waals surface area contributed by atoms with E-state index < -0.39 is 0 Å². The van der Waals surface area contributed by atoms with Crippen molar-refractivity contribution in [1.82, 2.24) is 15.2 Å². The summed E-state index contributed by atoms with van der Waals surface area (Å²) in [6.07, 6.45) is 0. The zero-order valence-electron chi connectivity index (χ0n) is 14.8. The summed E-state index contributed by atoms with van der Waals surface area (Å²) in [6, 6.07) is 11.0. The van der Waals surface area contributed by atoms with Gasteiger partial charge < -0.3 is 10.4 Å². The smallest absolute Gasteiger partial charge is 0.234 e. The van der Waals surface area contributed by atoms with E-state index in [4.69, 9.17) is 0 Å². The number of nitrogens with zero attached hydrogens (tertiary/aromatic N) is 2. The minimum absolute atomic E-state index is 0.112. The number of aryl methyl sites for hydroxylation is 3. The van der Waals surface area contributed by atoms with Crippen LogP contribution in [0.3, 0.4) is 0 Å². The number of benzene rings is 2. The Hall–Kier alpha value is -2.80. The van der Waals surface area contributed by atoms with Crippen LogP contribution in [-0.2, 0) is 4.79 Å². The Morgan fingerprint density at radius 2 is 1.88 bits per heavy atom. The normalized spacial score (nSPS) is 10.7. The van der Waals surface area contributed by atoms with E-state index in [1.54, 1.807) is 18.2 Å². The molecule has 0 saturated carbocycles. The summed E-state index contributed by atoms with van der Waals surface area (Å²) in [5.74, 6) is 0.684. The van der Waals surface area contributed by atoms with Gasteiger partial charge in [0.1, 0.15) is 5.75 Å². The molecule has 26 heavy (non-hydrogen) atoms. The van der Waals surface area contributed by atoms with Gasteiger partial charge in [-0.1, -0.05) is 41.6 Å². The van der Waals surface area contributed by atoms with E-state index in [1.807, 2.05) is 39.0 Å². The van der Waals surface area contributed by atoms with Crippen LogP contribution in [0.1, 0.15) is 16.7 Å². The van der Waals surface area contributed by atoms with Gasteiger partial charge in [-0.05, 0) is 44.0 Å². The lowest BCUT2D eigenvalue weighted by Gasteiger charge is -2.12. The first-order valence-electron chi connectivity index (χ1n) is 8.15. The average molecular weight is 368 g/mol. The lowest BCUT2D eigenvalue weighted by molar-refractivity contribution is -0.113. The summed E-state index contributed by atoms with van der Waals surface area (Å²) >= 11 is 1.24. The number of para-hydroxylation sites is 1. The molecule has 1 amide bonds. The maximum absolute atomic E-state index is 12.3. The fraction of sp³-hybridized carbons (Fsp3) is 0.211. The number of amides is 1. The third kappa shape index (κ3) is 4.05. The molecule has 0 saturated heterocycles.